The average molecular weight is 319 g/mol. The van der Waals surface area contributed by atoms with E-state index in [0.717, 1.165) is 6.54 Å². The van der Waals surface area contributed by atoms with Crippen molar-refractivity contribution in [3.63, 3.8) is 0 Å². The summed E-state index contributed by atoms with van der Waals surface area (Å²) in [4.78, 5) is 4.16. The average Bonchev–Trinajstić information content (AvgIpc) is 3.06. The summed E-state index contributed by atoms with van der Waals surface area (Å²) in [6.45, 7) is 4.00. The van der Waals surface area contributed by atoms with Crippen LogP contribution in [-0.4, -0.2) is 42.0 Å². The Morgan fingerprint density at radius 1 is 1.35 bits per heavy atom. The maximum Gasteiger partial charge on any atom is 0.191 e. The van der Waals surface area contributed by atoms with Gasteiger partial charge in [-0.3, -0.25) is 9.67 Å². The van der Waals surface area contributed by atoms with E-state index in [1.807, 2.05) is 23.9 Å². The summed E-state index contributed by atoms with van der Waals surface area (Å²) in [6, 6.07) is 7.88. The number of benzene rings is 1. The van der Waals surface area contributed by atoms with Crippen molar-refractivity contribution in [2.45, 2.75) is 19.6 Å². The summed E-state index contributed by atoms with van der Waals surface area (Å²) < 4.78 is 20.4. The molecule has 7 heteroatoms. The van der Waals surface area contributed by atoms with Gasteiger partial charge in [0.1, 0.15) is 17.7 Å². The standard InChI is InChI=1S/C16H22FN5O/c1-13(23-15-6-4-14(17)5-7-15)12-20-16(18-2)19-9-11-22-10-3-8-21-22/h3-8,10,13H,9,11-12H2,1-2H3,(H2,18,19,20). The molecule has 0 fully saturated rings. The minimum Gasteiger partial charge on any atom is -0.489 e. The van der Waals surface area contributed by atoms with Crippen molar-refractivity contribution >= 4 is 5.96 Å². The van der Waals surface area contributed by atoms with Crippen LogP contribution in [0.5, 0.6) is 5.75 Å². The van der Waals surface area contributed by atoms with Gasteiger partial charge >= 0.3 is 0 Å². The molecule has 6 nitrogen and oxygen atoms in total. The Balaban J connectivity index is 1.68. The Bertz CT molecular complexity index is 597. The first-order valence-corrected chi connectivity index (χ1v) is 7.51. The first-order chi connectivity index (χ1) is 11.2. The fourth-order valence-electron chi connectivity index (χ4n) is 1.97. The van der Waals surface area contributed by atoms with Gasteiger partial charge in [0.15, 0.2) is 5.96 Å². The van der Waals surface area contributed by atoms with E-state index in [9.17, 15) is 4.39 Å². The molecular weight excluding hydrogens is 297 g/mol. The largest absolute Gasteiger partial charge is 0.489 e. The molecule has 0 bridgehead atoms. The van der Waals surface area contributed by atoms with Crippen LogP contribution in [0.2, 0.25) is 0 Å². The first kappa shape index (κ1) is 16.8. The molecule has 0 radical (unpaired) electrons. The lowest BCUT2D eigenvalue weighted by molar-refractivity contribution is 0.223. The summed E-state index contributed by atoms with van der Waals surface area (Å²) in [6.07, 6.45) is 3.59. The molecule has 0 amide bonds. The van der Waals surface area contributed by atoms with Crippen molar-refractivity contribution in [2.24, 2.45) is 4.99 Å². The van der Waals surface area contributed by atoms with Crippen LogP contribution in [0.25, 0.3) is 0 Å². The fraction of sp³-hybridized carbons (Fsp3) is 0.375. The van der Waals surface area contributed by atoms with Crippen LogP contribution in [0.1, 0.15) is 6.92 Å². The lowest BCUT2D eigenvalue weighted by Gasteiger charge is -2.17. The third kappa shape index (κ3) is 5.98. The lowest BCUT2D eigenvalue weighted by Crippen LogP contribution is -2.42. The second-order valence-electron chi connectivity index (χ2n) is 5.03. The Kier molecular flexibility index (Phi) is 6.40. The van der Waals surface area contributed by atoms with Crippen LogP contribution < -0.4 is 15.4 Å². The fourth-order valence-corrected chi connectivity index (χ4v) is 1.97. The molecule has 0 saturated carbocycles. The number of nitrogens with zero attached hydrogens (tertiary/aromatic N) is 3. The van der Waals surface area contributed by atoms with Crippen molar-refractivity contribution in [2.75, 3.05) is 20.1 Å². The van der Waals surface area contributed by atoms with Gasteiger partial charge in [-0.05, 0) is 37.3 Å². The molecule has 1 aromatic heterocycles. The molecule has 0 aliphatic heterocycles. The molecule has 1 unspecified atom stereocenters. The van der Waals surface area contributed by atoms with E-state index in [0.29, 0.717) is 24.8 Å². The number of aliphatic imine (C=N–C) groups is 1. The van der Waals surface area contributed by atoms with Crippen LogP contribution in [-0.2, 0) is 6.54 Å². The van der Waals surface area contributed by atoms with E-state index in [4.69, 9.17) is 4.74 Å². The van der Waals surface area contributed by atoms with Crippen LogP contribution in [0.3, 0.4) is 0 Å². The van der Waals surface area contributed by atoms with Crippen molar-refractivity contribution in [3.05, 3.63) is 48.5 Å². The van der Waals surface area contributed by atoms with Gasteiger partial charge in [0.25, 0.3) is 0 Å². The molecule has 1 atom stereocenters. The number of aromatic nitrogens is 2. The predicted molar refractivity (Wildman–Crippen MR) is 88.1 cm³/mol. The highest BCUT2D eigenvalue weighted by molar-refractivity contribution is 5.79. The molecule has 1 heterocycles. The van der Waals surface area contributed by atoms with E-state index in [-0.39, 0.29) is 11.9 Å². The van der Waals surface area contributed by atoms with Gasteiger partial charge in [-0.2, -0.15) is 5.10 Å². The summed E-state index contributed by atoms with van der Waals surface area (Å²) in [5, 5.41) is 10.5. The maximum absolute atomic E-state index is 12.8. The van der Waals surface area contributed by atoms with Crippen LogP contribution in [0, 0.1) is 5.82 Å². The molecule has 0 saturated heterocycles. The summed E-state index contributed by atoms with van der Waals surface area (Å²) in [5.41, 5.74) is 0. The monoisotopic (exact) mass is 319 g/mol. The van der Waals surface area contributed by atoms with Crippen molar-refractivity contribution in [1.29, 1.82) is 0 Å². The third-order valence-corrected chi connectivity index (χ3v) is 3.12. The number of ether oxygens (including phenoxy) is 1. The molecular formula is C16H22FN5O. The lowest BCUT2D eigenvalue weighted by atomic mass is 10.3. The van der Waals surface area contributed by atoms with Gasteiger partial charge in [0.2, 0.25) is 0 Å². The van der Waals surface area contributed by atoms with Crippen molar-refractivity contribution < 1.29 is 9.13 Å². The zero-order chi connectivity index (χ0) is 16.5. The second kappa shape index (κ2) is 8.77. The van der Waals surface area contributed by atoms with Crippen LogP contribution in [0.4, 0.5) is 4.39 Å². The van der Waals surface area contributed by atoms with Gasteiger partial charge < -0.3 is 15.4 Å². The molecule has 0 spiro atoms. The molecule has 2 rings (SSSR count). The van der Waals surface area contributed by atoms with Crippen LogP contribution in [0.15, 0.2) is 47.7 Å². The van der Waals surface area contributed by atoms with Crippen molar-refractivity contribution in [3.8, 4) is 5.75 Å². The zero-order valence-corrected chi connectivity index (χ0v) is 13.4. The normalized spacial score (nSPS) is 12.7. The summed E-state index contributed by atoms with van der Waals surface area (Å²) >= 11 is 0. The Labute approximate surface area is 135 Å². The topological polar surface area (TPSA) is 63.5 Å². The second-order valence-corrected chi connectivity index (χ2v) is 5.03. The van der Waals surface area contributed by atoms with Crippen molar-refractivity contribution in [1.82, 2.24) is 20.4 Å². The zero-order valence-electron chi connectivity index (χ0n) is 13.4. The Hall–Kier alpha value is -2.57. The highest BCUT2D eigenvalue weighted by Crippen LogP contribution is 2.12. The number of hydrogen-bond acceptors (Lipinski definition) is 3. The minimum atomic E-state index is -0.273. The van der Waals surface area contributed by atoms with E-state index >= 15 is 0 Å². The molecule has 2 aromatic rings. The van der Waals surface area contributed by atoms with Gasteiger partial charge in [-0.1, -0.05) is 0 Å². The molecule has 0 aliphatic rings. The van der Waals surface area contributed by atoms with E-state index in [1.54, 1.807) is 25.4 Å². The van der Waals surface area contributed by atoms with E-state index < -0.39 is 0 Å². The number of rotatable bonds is 7. The number of guanidine groups is 1. The van der Waals surface area contributed by atoms with Gasteiger partial charge in [-0.15, -0.1) is 0 Å². The Morgan fingerprint density at radius 2 is 2.13 bits per heavy atom. The maximum atomic E-state index is 12.8. The minimum absolute atomic E-state index is 0.0786. The van der Waals surface area contributed by atoms with Gasteiger partial charge in [-0.25, -0.2) is 4.39 Å². The number of halogens is 1. The number of nitrogens with one attached hydrogen (secondary N) is 2. The highest BCUT2D eigenvalue weighted by Gasteiger charge is 2.06. The summed E-state index contributed by atoms with van der Waals surface area (Å²) in [7, 11) is 1.72. The van der Waals surface area contributed by atoms with E-state index in [2.05, 4.69) is 20.7 Å². The smallest absolute Gasteiger partial charge is 0.191 e. The quantitative estimate of drug-likeness (QED) is 0.602. The van der Waals surface area contributed by atoms with Crippen LogP contribution >= 0.6 is 0 Å². The Morgan fingerprint density at radius 3 is 2.78 bits per heavy atom. The molecule has 0 aliphatic carbocycles. The predicted octanol–water partition coefficient (Wildman–Crippen LogP) is 1.65. The first-order valence-electron chi connectivity index (χ1n) is 7.51. The molecule has 124 valence electrons. The van der Waals surface area contributed by atoms with E-state index in [1.165, 1.54) is 12.1 Å². The molecule has 2 N–H and O–H groups in total. The number of hydrogen-bond donors (Lipinski definition) is 2. The third-order valence-electron chi connectivity index (χ3n) is 3.12. The molecule has 23 heavy (non-hydrogen) atoms. The SMILES string of the molecule is CN=C(NCCn1cccn1)NCC(C)Oc1ccc(F)cc1. The van der Waals surface area contributed by atoms with Gasteiger partial charge in [0.05, 0.1) is 13.1 Å². The van der Waals surface area contributed by atoms with Gasteiger partial charge in [0, 0.05) is 26.0 Å². The highest BCUT2D eigenvalue weighted by atomic mass is 19.1. The summed E-state index contributed by atoms with van der Waals surface area (Å²) in [5.74, 6) is 1.07. The molecule has 1 aromatic carbocycles.